The van der Waals surface area contributed by atoms with Crippen molar-refractivity contribution in [2.75, 3.05) is 13.1 Å². The Morgan fingerprint density at radius 2 is 1.96 bits per heavy atom. The summed E-state index contributed by atoms with van der Waals surface area (Å²) < 4.78 is 1.18. The third-order valence-corrected chi connectivity index (χ3v) is 6.17. The molecule has 0 saturated carbocycles. The van der Waals surface area contributed by atoms with E-state index in [-0.39, 0.29) is 0 Å². The van der Waals surface area contributed by atoms with E-state index in [0.29, 0.717) is 12.0 Å². The second-order valence-corrected chi connectivity index (χ2v) is 8.12. The monoisotopic (exact) mass is 372 g/mol. The number of piperidine rings is 1. The summed E-state index contributed by atoms with van der Waals surface area (Å²) in [5.74, 6) is 1.36. The molecule has 2 heterocycles. The lowest BCUT2D eigenvalue weighted by Crippen LogP contribution is -2.41. The molecule has 3 heteroatoms. The van der Waals surface area contributed by atoms with Crippen molar-refractivity contribution in [3.63, 3.8) is 0 Å². The predicted molar refractivity (Wildman–Crippen MR) is 99.9 cm³/mol. The fourth-order valence-electron chi connectivity index (χ4n) is 4.61. The van der Waals surface area contributed by atoms with Crippen LogP contribution in [0.5, 0.6) is 0 Å². The average Bonchev–Trinajstić information content (AvgIpc) is 2.72. The predicted octanol–water partition coefficient (Wildman–Crippen LogP) is 4.16. The molecule has 4 rings (SSSR count). The number of dihydropyridines is 1. The SMILES string of the molecule is Cc1ccc2c(c1)CCC1=CC(Br)=CNC1C2C1CCNCC1. The van der Waals surface area contributed by atoms with Gasteiger partial charge in [-0.3, -0.25) is 0 Å². The lowest BCUT2D eigenvalue weighted by Gasteiger charge is -2.38. The van der Waals surface area contributed by atoms with E-state index >= 15 is 0 Å². The first kappa shape index (κ1) is 15.5. The van der Waals surface area contributed by atoms with Crippen molar-refractivity contribution in [2.24, 2.45) is 5.92 Å². The van der Waals surface area contributed by atoms with Gasteiger partial charge in [0.15, 0.2) is 0 Å². The standard InChI is InChI=1S/C20H25BrN2/c1-13-2-5-18-15(10-13)3-4-16-11-17(21)12-23-20(16)19(18)14-6-8-22-9-7-14/h2,5,10-12,14,19-20,22-23H,3-4,6-9H2,1H3. The molecule has 0 bridgehead atoms. The molecule has 2 nitrogen and oxygen atoms in total. The maximum absolute atomic E-state index is 3.72. The van der Waals surface area contributed by atoms with Gasteiger partial charge in [0, 0.05) is 16.6 Å². The number of aryl methyl sites for hydroxylation is 2. The van der Waals surface area contributed by atoms with Crippen LogP contribution in [0.4, 0.5) is 0 Å². The molecule has 23 heavy (non-hydrogen) atoms. The molecule has 0 radical (unpaired) electrons. The van der Waals surface area contributed by atoms with Gasteiger partial charge in [0.1, 0.15) is 0 Å². The van der Waals surface area contributed by atoms with Crippen LogP contribution < -0.4 is 10.6 Å². The molecule has 1 aromatic rings. The molecule has 3 aliphatic rings. The van der Waals surface area contributed by atoms with Crippen LogP contribution in [0.3, 0.4) is 0 Å². The highest BCUT2D eigenvalue weighted by molar-refractivity contribution is 9.11. The number of allylic oxidation sites excluding steroid dienone is 2. The quantitative estimate of drug-likeness (QED) is 0.773. The van der Waals surface area contributed by atoms with Crippen molar-refractivity contribution in [1.29, 1.82) is 0 Å². The third kappa shape index (κ3) is 3.01. The van der Waals surface area contributed by atoms with Crippen LogP contribution in [0.2, 0.25) is 0 Å². The van der Waals surface area contributed by atoms with E-state index in [0.717, 1.165) is 19.0 Å². The zero-order valence-corrected chi connectivity index (χ0v) is 15.3. The Morgan fingerprint density at radius 1 is 1.13 bits per heavy atom. The highest BCUT2D eigenvalue weighted by Gasteiger charge is 2.37. The van der Waals surface area contributed by atoms with Crippen LogP contribution in [-0.4, -0.2) is 19.1 Å². The normalized spacial score (nSPS) is 27.9. The maximum atomic E-state index is 3.72. The molecule has 1 aromatic carbocycles. The number of hydrogen-bond acceptors (Lipinski definition) is 2. The molecule has 1 fully saturated rings. The summed E-state index contributed by atoms with van der Waals surface area (Å²) in [4.78, 5) is 0. The van der Waals surface area contributed by atoms with Gasteiger partial charge in [-0.15, -0.1) is 0 Å². The minimum absolute atomic E-state index is 0.461. The molecule has 2 atom stereocenters. The number of hydrogen-bond donors (Lipinski definition) is 2. The number of halogens is 1. The van der Waals surface area contributed by atoms with E-state index in [4.69, 9.17) is 0 Å². The van der Waals surface area contributed by atoms with Gasteiger partial charge in [-0.1, -0.05) is 23.8 Å². The summed E-state index contributed by atoms with van der Waals surface area (Å²) >= 11 is 3.65. The van der Waals surface area contributed by atoms with Gasteiger partial charge in [0.25, 0.3) is 0 Å². The van der Waals surface area contributed by atoms with E-state index in [9.17, 15) is 0 Å². The van der Waals surface area contributed by atoms with Crippen LogP contribution in [-0.2, 0) is 6.42 Å². The Morgan fingerprint density at radius 3 is 2.78 bits per heavy atom. The fourth-order valence-corrected chi connectivity index (χ4v) is 5.04. The second-order valence-electron chi connectivity index (χ2n) is 7.21. The van der Waals surface area contributed by atoms with Crippen molar-refractivity contribution in [3.8, 4) is 0 Å². The third-order valence-electron chi connectivity index (χ3n) is 5.71. The van der Waals surface area contributed by atoms with E-state index in [1.807, 2.05) is 0 Å². The Labute approximate surface area is 147 Å². The first-order valence-corrected chi connectivity index (χ1v) is 9.64. The Balaban J connectivity index is 1.78. The molecule has 0 aromatic heterocycles. The number of nitrogens with one attached hydrogen (secondary N) is 2. The molecule has 0 spiro atoms. The molecule has 2 unspecified atom stereocenters. The molecular formula is C20H25BrN2. The first-order chi connectivity index (χ1) is 11.2. The van der Waals surface area contributed by atoms with Crippen molar-refractivity contribution in [1.82, 2.24) is 10.6 Å². The summed E-state index contributed by atoms with van der Waals surface area (Å²) in [5, 5.41) is 7.24. The summed E-state index contributed by atoms with van der Waals surface area (Å²) in [6.45, 7) is 4.54. The van der Waals surface area contributed by atoms with Crippen molar-refractivity contribution >= 4 is 15.9 Å². The minimum atomic E-state index is 0.461. The van der Waals surface area contributed by atoms with Crippen molar-refractivity contribution < 1.29 is 0 Å². The number of benzene rings is 1. The van der Waals surface area contributed by atoms with Crippen LogP contribution in [0.15, 0.2) is 40.5 Å². The van der Waals surface area contributed by atoms with Gasteiger partial charge >= 0.3 is 0 Å². The van der Waals surface area contributed by atoms with E-state index in [1.54, 1.807) is 16.7 Å². The lowest BCUT2D eigenvalue weighted by molar-refractivity contribution is 0.288. The summed E-state index contributed by atoms with van der Waals surface area (Å²) in [7, 11) is 0. The van der Waals surface area contributed by atoms with Crippen molar-refractivity contribution in [2.45, 2.75) is 44.6 Å². The molecule has 122 valence electrons. The molecule has 1 aliphatic carbocycles. The van der Waals surface area contributed by atoms with Crippen LogP contribution in [0, 0.1) is 12.8 Å². The van der Waals surface area contributed by atoms with Gasteiger partial charge in [0.05, 0.1) is 6.04 Å². The first-order valence-electron chi connectivity index (χ1n) is 8.85. The van der Waals surface area contributed by atoms with Gasteiger partial charge in [0.2, 0.25) is 0 Å². The molecular weight excluding hydrogens is 348 g/mol. The van der Waals surface area contributed by atoms with Crippen LogP contribution >= 0.6 is 15.9 Å². The highest BCUT2D eigenvalue weighted by atomic mass is 79.9. The minimum Gasteiger partial charge on any atom is -0.383 e. The molecule has 1 saturated heterocycles. The molecule has 2 N–H and O–H groups in total. The van der Waals surface area contributed by atoms with Gasteiger partial charge in [-0.2, -0.15) is 0 Å². The Bertz CT molecular complexity index is 656. The largest absolute Gasteiger partial charge is 0.383 e. The zero-order valence-electron chi connectivity index (χ0n) is 13.7. The molecule has 2 aliphatic heterocycles. The average molecular weight is 373 g/mol. The zero-order chi connectivity index (χ0) is 15.8. The number of rotatable bonds is 1. The summed E-state index contributed by atoms with van der Waals surface area (Å²) in [6.07, 6.45) is 9.40. The lowest BCUT2D eigenvalue weighted by atomic mass is 9.73. The van der Waals surface area contributed by atoms with Crippen LogP contribution in [0.25, 0.3) is 0 Å². The Hall–Kier alpha value is -1.06. The maximum Gasteiger partial charge on any atom is 0.0543 e. The van der Waals surface area contributed by atoms with Crippen molar-refractivity contribution in [3.05, 3.63) is 57.2 Å². The van der Waals surface area contributed by atoms with E-state index in [2.05, 4.69) is 64.0 Å². The topological polar surface area (TPSA) is 24.1 Å². The van der Waals surface area contributed by atoms with E-state index in [1.165, 1.54) is 35.7 Å². The molecule has 0 amide bonds. The van der Waals surface area contributed by atoms with Gasteiger partial charge in [-0.25, -0.2) is 0 Å². The fraction of sp³-hybridized carbons (Fsp3) is 0.500. The van der Waals surface area contributed by atoms with Crippen LogP contribution in [0.1, 0.15) is 41.9 Å². The van der Waals surface area contributed by atoms with Gasteiger partial charge < -0.3 is 10.6 Å². The van der Waals surface area contributed by atoms with Gasteiger partial charge in [-0.05, 0) is 90.3 Å². The Kier molecular flexibility index (Phi) is 4.33. The smallest absolute Gasteiger partial charge is 0.0543 e. The summed E-state index contributed by atoms with van der Waals surface area (Å²) in [5.41, 5.74) is 6.12. The summed E-state index contributed by atoms with van der Waals surface area (Å²) in [6, 6.07) is 7.60. The second kappa shape index (κ2) is 6.45. The number of fused-ring (bicyclic) bond motifs is 2. The van der Waals surface area contributed by atoms with E-state index < -0.39 is 0 Å². The highest BCUT2D eigenvalue weighted by Crippen LogP contribution is 2.43.